The molecule has 0 bridgehead atoms. The minimum atomic E-state index is -3.42. The minimum absolute atomic E-state index is 0.260. The van der Waals surface area contributed by atoms with Crippen molar-refractivity contribution in [2.45, 2.75) is 99.0 Å². The van der Waals surface area contributed by atoms with Gasteiger partial charge in [0.2, 0.25) is 0 Å². The molecule has 11 rings (SSSR count). The number of rotatable bonds is 11. The zero-order valence-electron chi connectivity index (χ0n) is 18.5. The van der Waals surface area contributed by atoms with E-state index in [-0.39, 0.29) is 5.78 Å². The van der Waals surface area contributed by atoms with Crippen LogP contribution in [-0.4, -0.2) is 18.7 Å². The SMILES string of the molecule is COc1ccc(C(=O)CCCCCCC[C]23[CH]4[CH]5[CH]6[CH]2[Fe]56432789[CH]3[CH]2[CH]7[C]8(C(C)=O)[CH]39)cc1. The van der Waals surface area contributed by atoms with Gasteiger partial charge in [-0.15, -0.1) is 0 Å². The van der Waals surface area contributed by atoms with Crippen LogP contribution < -0.4 is 4.74 Å². The van der Waals surface area contributed by atoms with E-state index in [1.165, 1.54) is 61.0 Å². The van der Waals surface area contributed by atoms with Crippen molar-refractivity contribution in [3.8, 4) is 5.75 Å². The fraction of sp³-hybridized carbons (Fsp3) is 0.704. The molecule has 0 aliphatic carbocycles. The first-order valence-corrected chi connectivity index (χ1v) is 18.9. The van der Waals surface area contributed by atoms with Crippen LogP contribution in [-0.2, 0) is 11.3 Å². The topological polar surface area (TPSA) is 43.4 Å². The Bertz CT molecular complexity index is 1550. The molecule has 0 saturated carbocycles. The second kappa shape index (κ2) is 2.08. The molecule has 4 heteroatoms. The molecule has 10 aliphatic heterocycles. The molecule has 10 fully saturated rings. The van der Waals surface area contributed by atoms with Gasteiger partial charge in [-0.2, -0.15) is 0 Å². The summed E-state index contributed by atoms with van der Waals surface area (Å²) in [4.78, 5) is 34.9. The molecule has 0 aromatic heterocycles. The van der Waals surface area contributed by atoms with Crippen molar-refractivity contribution in [3.63, 3.8) is 0 Å². The summed E-state index contributed by atoms with van der Waals surface area (Å²) in [6.45, 7) is -1.40. The number of hydrogen-bond acceptors (Lipinski definition) is 3. The van der Waals surface area contributed by atoms with Crippen molar-refractivity contribution < 1.29 is 20.8 Å². The number of carbonyl (C=O) groups is 2. The number of ether oxygens (including phenoxy) is 1. The van der Waals surface area contributed by atoms with Crippen LogP contribution in [0.15, 0.2) is 24.3 Å². The van der Waals surface area contributed by atoms with Gasteiger partial charge in [0.1, 0.15) is 5.75 Å². The third kappa shape index (κ3) is 0.314. The predicted octanol–water partition coefficient (Wildman–Crippen LogP) is 7.33. The van der Waals surface area contributed by atoms with Crippen molar-refractivity contribution in [1.82, 2.24) is 0 Å². The molecule has 31 heavy (non-hydrogen) atoms. The Balaban J connectivity index is 0.753. The number of ketones is 2. The van der Waals surface area contributed by atoms with Gasteiger partial charge in [0.15, 0.2) is 0 Å². The van der Waals surface area contributed by atoms with Gasteiger partial charge in [0, 0.05) is 0 Å². The first-order valence-electron chi connectivity index (χ1n) is 12.7. The van der Waals surface area contributed by atoms with E-state index in [1.54, 1.807) is 7.11 Å². The molecule has 1 aromatic carbocycles. The molecule has 1 aromatic rings. The zero-order chi connectivity index (χ0) is 20.7. The normalized spacial score (nSPS) is 72.7. The van der Waals surface area contributed by atoms with Gasteiger partial charge >= 0.3 is 157 Å². The van der Waals surface area contributed by atoms with E-state index in [0.717, 1.165) is 31.7 Å². The molecule has 166 valence electrons. The quantitative estimate of drug-likeness (QED) is 0.197. The molecule has 0 amide bonds. The summed E-state index contributed by atoms with van der Waals surface area (Å²) in [6.07, 6.45) is 8.42. The summed E-state index contributed by atoms with van der Waals surface area (Å²) in [6, 6.07) is 7.50. The zero-order valence-corrected chi connectivity index (χ0v) is 19.6. The van der Waals surface area contributed by atoms with Crippen molar-refractivity contribution in [3.05, 3.63) is 29.8 Å². The summed E-state index contributed by atoms with van der Waals surface area (Å²) in [7, 11) is 1.65. The molecule has 0 N–H and O–H groups in total. The maximum atomic E-state index is 13.0. The molecule has 10 saturated heterocycles. The van der Waals surface area contributed by atoms with E-state index in [4.69, 9.17) is 4.74 Å². The molecular weight excluding hydrogens is 428 g/mol. The third-order valence-electron chi connectivity index (χ3n) is 19.0. The van der Waals surface area contributed by atoms with E-state index in [9.17, 15) is 9.59 Å². The third-order valence-corrected chi connectivity index (χ3v) is 62.6. The van der Waals surface area contributed by atoms with Crippen LogP contribution in [0.2, 0.25) is 47.2 Å². The maximum absolute atomic E-state index is 13.0. The summed E-state index contributed by atoms with van der Waals surface area (Å²) in [5.41, 5.74) is 0.808. The number of unbranched alkanes of at least 4 members (excludes halogenated alkanes) is 4. The Morgan fingerprint density at radius 3 is 1.97 bits per heavy atom. The second-order valence-electron chi connectivity index (χ2n) is 14.9. The van der Waals surface area contributed by atoms with E-state index in [1.807, 2.05) is 31.2 Å². The van der Waals surface area contributed by atoms with Crippen molar-refractivity contribution in [2.75, 3.05) is 7.11 Å². The van der Waals surface area contributed by atoms with Crippen LogP contribution in [0.3, 0.4) is 0 Å². The van der Waals surface area contributed by atoms with Crippen molar-refractivity contribution in [2.24, 2.45) is 0 Å². The summed E-state index contributed by atoms with van der Waals surface area (Å²) < 4.78 is 6.48. The van der Waals surface area contributed by atoms with Crippen molar-refractivity contribution >= 4 is 11.6 Å². The second-order valence-corrected chi connectivity index (χ2v) is 38.2. The summed E-state index contributed by atoms with van der Waals surface area (Å²) in [5, 5.41) is 0. The van der Waals surface area contributed by atoms with Gasteiger partial charge < -0.3 is 4.74 Å². The molecule has 8 unspecified atom stereocenters. The molecular formula is C27H32FeO3. The Labute approximate surface area is 174 Å². The fourth-order valence-electron chi connectivity index (χ4n) is 20.8. The van der Waals surface area contributed by atoms with Gasteiger partial charge in [0.25, 0.3) is 0 Å². The van der Waals surface area contributed by atoms with Gasteiger partial charge in [-0.1, -0.05) is 0 Å². The number of Topliss-reactive ketones (excluding diaryl/α,β-unsaturated/α-hetero) is 2. The first-order chi connectivity index (χ1) is 14.8. The van der Waals surface area contributed by atoms with Crippen LogP contribution in [0.25, 0.3) is 0 Å². The monoisotopic (exact) mass is 460 g/mol. The average Bonchev–Trinajstić information content (AvgIpc) is 3.72. The van der Waals surface area contributed by atoms with Crippen LogP contribution in [0, 0.1) is 0 Å². The van der Waals surface area contributed by atoms with Gasteiger partial charge in [0.05, 0.1) is 7.11 Å². The van der Waals surface area contributed by atoms with Gasteiger partial charge in [-0.3, -0.25) is 0 Å². The molecule has 10 heterocycles. The molecule has 3 nitrogen and oxygen atoms in total. The van der Waals surface area contributed by atoms with Crippen LogP contribution in [0.1, 0.15) is 62.2 Å². The van der Waals surface area contributed by atoms with Crippen LogP contribution in [0.5, 0.6) is 5.75 Å². The van der Waals surface area contributed by atoms with E-state index < -0.39 is 6.51 Å². The molecule has 8 atom stereocenters. The van der Waals surface area contributed by atoms with Gasteiger partial charge in [-0.05, 0) is 0 Å². The van der Waals surface area contributed by atoms with Crippen molar-refractivity contribution in [1.29, 1.82) is 0 Å². The number of carbonyl (C=O) groups excluding carboxylic acids is 2. The Hall–Kier alpha value is -1.12. The predicted molar refractivity (Wildman–Crippen MR) is 116 cm³/mol. The Morgan fingerprint density at radius 2 is 1.45 bits per heavy atom. The van der Waals surface area contributed by atoms with Crippen LogP contribution >= 0.6 is 0 Å². The summed E-state index contributed by atoms with van der Waals surface area (Å²) >= 11 is 0. The molecule has 1 spiro atoms. The molecule has 10 aliphatic rings. The number of fused-ring (bicyclic) bond motifs is 10. The standard InChI is InChI=1S/C20H25O2.C7H7O.Fe/c1-22-19-15-13-18(14-16-19)20(21)12-6-4-2-3-5-9-17-10-7-8-11-17;1-6(8)7-4-2-3-5-7;/h7-8,10-11,13-16H,2-6,9,12H2,1H3;2-5H,1H3;. The fourth-order valence-corrected chi connectivity index (χ4v) is 98.5. The van der Waals surface area contributed by atoms with E-state index >= 15 is 0 Å². The van der Waals surface area contributed by atoms with E-state index in [2.05, 4.69) is 0 Å². The first kappa shape index (κ1) is 15.7. The Morgan fingerprint density at radius 1 is 0.871 bits per heavy atom. The van der Waals surface area contributed by atoms with Gasteiger partial charge in [-0.25, -0.2) is 0 Å². The number of hydrogen-bond donors (Lipinski definition) is 0. The van der Waals surface area contributed by atoms with Crippen LogP contribution in [0.4, 0.5) is 0 Å². The molecule has 0 radical (unpaired) electrons. The number of benzene rings is 1. The summed E-state index contributed by atoms with van der Waals surface area (Å²) in [5.74, 6) is 1.77. The number of methoxy groups -OCH3 is 1. The van der Waals surface area contributed by atoms with E-state index in [0.29, 0.717) is 16.5 Å². The Kier molecular flexibility index (Phi) is 1.05. The average molecular weight is 460 g/mol.